The third-order valence-corrected chi connectivity index (χ3v) is 3.86. The number of nitrogens with zero attached hydrogens (tertiary/aromatic N) is 1. The van der Waals surface area contributed by atoms with Gasteiger partial charge >= 0.3 is 0 Å². The molecule has 2 atom stereocenters. The van der Waals surface area contributed by atoms with Crippen LogP contribution in [0.3, 0.4) is 0 Å². The lowest BCUT2D eigenvalue weighted by Crippen LogP contribution is -2.44. The molecule has 0 bridgehead atoms. The molecule has 0 spiro atoms. The molecule has 0 radical (unpaired) electrons. The zero-order chi connectivity index (χ0) is 16.3. The Morgan fingerprint density at radius 1 is 1.09 bits per heavy atom. The van der Waals surface area contributed by atoms with Gasteiger partial charge in [0.05, 0.1) is 0 Å². The van der Waals surface area contributed by atoms with Gasteiger partial charge in [0.15, 0.2) is 5.60 Å². The van der Waals surface area contributed by atoms with Crippen LogP contribution in [0, 0.1) is 5.95 Å². The van der Waals surface area contributed by atoms with Gasteiger partial charge in [-0.05, 0) is 36.3 Å². The molecule has 0 saturated heterocycles. The van der Waals surface area contributed by atoms with Crippen molar-refractivity contribution in [3.63, 3.8) is 0 Å². The van der Waals surface area contributed by atoms with Crippen molar-refractivity contribution < 1.29 is 13.9 Å². The molecule has 0 N–H and O–H groups in total. The SMILES string of the molecule is COC1C=C(c2ccccc2)C=CC1(C)Oc1cccc(F)n1. The number of ether oxygens (including phenoxy) is 2. The molecule has 2 aromatic rings. The summed E-state index contributed by atoms with van der Waals surface area (Å²) in [5.41, 5.74) is 1.41. The number of benzene rings is 1. The number of pyridine rings is 1. The molecule has 0 fully saturated rings. The highest BCUT2D eigenvalue weighted by Crippen LogP contribution is 2.32. The van der Waals surface area contributed by atoms with Crippen LogP contribution >= 0.6 is 0 Å². The molecule has 3 rings (SSSR count). The standard InChI is InChI=1S/C19H18FNO2/c1-19(23-18-10-6-9-17(20)21-18)12-11-15(13-16(19)22-2)14-7-4-3-5-8-14/h3-13,16H,1-2H3. The topological polar surface area (TPSA) is 31.4 Å². The molecule has 118 valence electrons. The molecule has 4 heteroatoms. The summed E-state index contributed by atoms with van der Waals surface area (Å²) in [4.78, 5) is 3.76. The third-order valence-electron chi connectivity index (χ3n) is 3.86. The third kappa shape index (κ3) is 3.32. The van der Waals surface area contributed by atoms with Crippen LogP contribution in [0.5, 0.6) is 5.88 Å². The van der Waals surface area contributed by atoms with E-state index in [1.807, 2.05) is 55.5 Å². The summed E-state index contributed by atoms with van der Waals surface area (Å²) in [5.74, 6) is -0.337. The summed E-state index contributed by atoms with van der Waals surface area (Å²) in [6.07, 6.45) is 5.61. The maximum atomic E-state index is 13.3. The Bertz CT molecular complexity index is 742. The van der Waals surface area contributed by atoms with Crippen molar-refractivity contribution in [2.45, 2.75) is 18.6 Å². The number of rotatable bonds is 4. The lowest BCUT2D eigenvalue weighted by Gasteiger charge is -2.35. The molecule has 1 heterocycles. The maximum Gasteiger partial charge on any atom is 0.216 e. The molecule has 2 unspecified atom stereocenters. The van der Waals surface area contributed by atoms with Crippen molar-refractivity contribution in [3.8, 4) is 5.88 Å². The van der Waals surface area contributed by atoms with Gasteiger partial charge in [-0.2, -0.15) is 9.37 Å². The van der Waals surface area contributed by atoms with Crippen LogP contribution in [-0.2, 0) is 4.74 Å². The summed E-state index contributed by atoms with van der Waals surface area (Å²) in [6, 6.07) is 14.5. The first-order chi connectivity index (χ1) is 11.1. The average Bonchev–Trinajstić information content (AvgIpc) is 2.56. The molecule has 0 aliphatic heterocycles. The summed E-state index contributed by atoms with van der Waals surface area (Å²) in [6.45, 7) is 1.89. The molecule has 1 aliphatic rings. The van der Waals surface area contributed by atoms with Gasteiger partial charge in [-0.25, -0.2) is 0 Å². The monoisotopic (exact) mass is 311 g/mol. The van der Waals surface area contributed by atoms with Crippen LogP contribution < -0.4 is 4.74 Å². The Kier molecular flexibility index (Phi) is 4.26. The first-order valence-electron chi connectivity index (χ1n) is 7.41. The lowest BCUT2D eigenvalue weighted by molar-refractivity contribution is -0.0108. The normalized spacial score (nSPS) is 23.4. The van der Waals surface area contributed by atoms with Gasteiger partial charge in [0, 0.05) is 13.2 Å². The van der Waals surface area contributed by atoms with E-state index < -0.39 is 11.5 Å². The Morgan fingerprint density at radius 2 is 1.87 bits per heavy atom. The van der Waals surface area contributed by atoms with E-state index >= 15 is 0 Å². The number of methoxy groups -OCH3 is 1. The summed E-state index contributed by atoms with van der Waals surface area (Å²) in [5, 5.41) is 0. The predicted molar refractivity (Wildman–Crippen MR) is 87.6 cm³/mol. The van der Waals surface area contributed by atoms with Gasteiger partial charge in [-0.15, -0.1) is 0 Å². The smallest absolute Gasteiger partial charge is 0.216 e. The molecule has 1 aliphatic carbocycles. The predicted octanol–water partition coefficient (Wildman–Crippen LogP) is 4.03. The van der Waals surface area contributed by atoms with Crippen molar-refractivity contribution in [2.24, 2.45) is 0 Å². The lowest BCUT2D eigenvalue weighted by atomic mass is 9.88. The zero-order valence-corrected chi connectivity index (χ0v) is 13.1. The van der Waals surface area contributed by atoms with Crippen LogP contribution in [-0.4, -0.2) is 23.8 Å². The van der Waals surface area contributed by atoms with Crippen LogP contribution in [0.4, 0.5) is 4.39 Å². The first kappa shape index (κ1) is 15.4. The number of allylic oxidation sites excluding steroid dienone is 2. The fourth-order valence-electron chi connectivity index (χ4n) is 2.62. The van der Waals surface area contributed by atoms with Gasteiger partial charge in [-0.1, -0.05) is 42.5 Å². The highest BCUT2D eigenvalue weighted by Gasteiger charge is 2.36. The van der Waals surface area contributed by atoms with Crippen molar-refractivity contribution >= 4 is 5.57 Å². The number of aromatic nitrogens is 1. The van der Waals surface area contributed by atoms with Gasteiger partial charge in [-0.3, -0.25) is 0 Å². The van der Waals surface area contributed by atoms with E-state index in [2.05, 4.69) is 4.98 Å². The Balaban J connectivity index is 1.87. The quantitative estimate of drug-likeness (QED) is 0.799. The fraction of sp³-hybridized carbons (Fsp3) is 0.211. The van der Waals surface area contributed by atoms with Gasteiger partial charge in [0.2, 0.25) is 11.8 Å². The first-order valence-corrected chi connectivity index (χ1v) is 7.41. The molecule has 0 saturated carbocycles. The highest BCUT2D eigenvalue weighted by atomic mass is 19.1. The maximum absolute atomic E-state index is 13.3. The second-order valence-electron chi connectivity index (χ2n) is 5.56. The van der Waals surface area contributed by atoms with E-state index in [0.717, 1.165) is 11.1 Å². The molecule has 0 amide bonds. The molecule has 1 aromatic carbocycles. The largest absolute Gasteiger partial charge is 0.464 e. The summed E-state index contributed by atoms with van der Waals surface area (Å²) < 4.78 is 24.7. The highest BCUT2D eigenvalue weighted by molar-refractivity contribution is 5.76. The van der Waals surface area contributed by atoms with Crippen LogP contribution in [0.1, 0.15) is 12.5 Å². The zero-order valence-electron chi connectivity index (χ0n) is 13.1. The van der Waals surface area contributed by atoms with Gasteiger partial charge in [0.1, 0.15) is 6.10 Å². The van der Waals surface area contributed by atoms with Crippen LogP contribution in [0.25, 0.3) is 5.57 Å². The van der Waals surface area contributed by atoms with E-state index in [9.17, 15) is 4.39 Å². The van der Waals surface area contributed by atoms with Crippen molar-refractivity contribution in [1.29, 1.82) is 0 Å². The molecule has 3 nitrogen and oxygen atoms in total. The van der Waals surface area contributed by atoms with Crippen molar-refractivity contribution in [3.05, 3.63) is 78.3 Å². The van der Waals surface area contributed by atoms with E-state index in [4.69, 9.17) is 9.47 Å². The molecular weight excluding hydrogens is 293 g/mol. The minimum Gasteiger partial charge on any atom is -0.464 e. The van der Waals surface area contributed by atoms with Crippen molar-refractivity contribution in [1.82, 2.24) is 4.98 Å². The fourth-order valence-corrected chi connectivity index (χ4v) is 2.62. The number of halogens is 1. The van der Waals surface area contributed by atoms with E-state index in [-0.39, 0.29) is 12.0 Å². The molecule has 23 heavy (non-hydrogen) atoms. The Morgan fingerprint density at radius 3 is 2.57 bits per heavy atom. The average molecular weight is 311 g/mol. The second-order valence-corrected chi connectivity index (χ2v) is 5.56. The Hall–Kier alpha value is -2.46. The van der Waals surface area contributed by atoms with Crippen molar-refractivity contribution in [2.75, 3.05) is 7.11 Å². The number of hydrogen-bond acceptors (Lipinski definition) is 3. The molecular formula is C19H18FNO2. The minimum atomic E-state index is -0.756. The van der Waals surface area contributed by atoms with Gasteiger partial charge < -0.3 is 9.47 Å². The number of hydrogen-bond donors (Lipinski definition) is 0. The van der Waals surface area contributed by atoms with E-state index in [0.29, 0.717) is 0 Å². The Labute approximate surface area is 135 Å². The summed E-state index contributed by atoms with van der Waals surface area (Å²) in [7, 11) is 1.63. The van der Waals surface area contributed by atoms with Gasteiger partial charge in [0.25, 0.3) is 0 Å². The van der Waals surface area contributed by atoms with Crippen LogP contribution in [0.2, 0.25) is 0 Å². The summed E-state index contributed by atoms with van der Waals surface area (Å²) >= 11 is 0. The minimum absolute atomic E-state index is 0.232. The molecule has 1 aromatic heterocycles. The van der Waals surface area contributed by atoms with E-state index in [1.165, 1.54) is 6.07 Å². The second kappa shape index (κ2) is 6.34. The van der Waals surface area contributed by atoms with E-state index in [1.54, 1.807) is 19.2 Å². The van der Waals surface area contributed by atoms with Crippen LogP contribution in [0.15, 0.2) is 66.8 Å².